The average molecular weight is 573 g/mol. The molecule has 42 heavy (non-hydrogen) atoms. The number of carbonyl (C=O) groups is 3. The van der Waals surface area contributed by atoms with E-state index in [0.29, 0.717) is 30.9 Å². The van der Waals surface area contributed by atoms with Crippen molar-refractivity contribution in [2.45, 2.75) is 51.9 Å². The highest BCUT2D eigenvalue weighted by Gasteiger charge is 2.23. The molecule has 0 radical (unpaired) electrons. The van der Waals surface area contributed by atoms with Crippen molar-refractivity contribution in [2.24, 2.45) is 0 Å². The van der Waals surface area contributed by atoms with Crippen molar-refractivity contribution in [1.82, 2.24) is 15.5 Å². The second kappa shape index (κ2) is 14.5. The number of hydrogen-bond donors (Lipinski definition) is 3. The van der Waals surface area contributed by atoms with Crippen LogP contribution in [0.1, 0.15) is 49.5 Å². The lowest BCUT2D eigenvalue weighted by atomic mass is 10.0. The van der Waals surface area contributed by atoms with E-state index in [1.165, 1.54) is 0 Å². The van der Waals surface area contributed by atoms with E-state index < -0.39 is 17.8 Å². The largest absolute Gasteiger partial charge is 0.446 e. The number of amides is 3. The molecule has 0 aromatic heterocycles. The molecule has 222 valence electrons. The summed E-state index contributed by atoms with van der Waals surface area (Å²) in [6.45, 7) is 8.56. The molecule has 3 amide bonds. The Balaban J connectivity index is 1.14. The molecule has 0 bridgehead atoms. The van der Waals surface area contributed by atoms with Gasteiger partial charge < -0.3 is 25.0 Å². The second-order valence-corrected chi connectivity index (χ2v) is 11.3. The molecule has 0 spiro atoms. The molecular formula is C33H40N4O5. The summed E-state index contributed by atoms with van der Waals surface area (Å²) in [4.78, 5) is 39.3. The Morgan fingerprint density at radius 1 is 0.833 bits per heavy atom. The predicted molar refractivity (Wildman–Crippen MR) is 163 cm³/mol. The topological polar surface area (TPSA) is 109 Å². The number of nitrogens with zero attached hydrogens (tertiary/aromatic N) is 1. The van der Waals surface area contributed by atoms with Gasteiger partial charge in [0.1, 0.15) is 11.7 Å². The first-order chi connectivity index (χ1) is 20.2. The van der Waals surface area contributed by atoms with Crippen LogP contribution in [0, 0.1) is 0 Å². The lowest BCUT2D eigenvalue weighted by Gasteiger charge is -2.31. The second-order valence-electron chi connectivity index (χ2n) is 11.3. The summed E-state index contributed by atoms with van der Waals surface area (Å²) < 4.78 is 11.0. The van der Waals surface area contributed by atoms with E-state index in [9.17, 15) is 14.4 Å². The summed E-state index contributed by atoms with van der Waals surface area (Å²) in [5.74, 6) is -0.146. The monoisotopic (exact) mass is 572 g/mol. The van der Waals surface area contributed by atoms with Crippen molar-refractivity contribution < 1.29 is 23.9 Å². The Morgan fingerprint density at radius 2 is 1.50 bits per heavy atom. The summed E-state index contributed by atoms with van der Waals surface area (Å²) in [5.41, 5.74) is 3.56. The molecule has 0 saturated carbocycles. The van der Waals surface area contributed by atoms with Gasteiger partial charge in [-0.15, -0.1) is 0 Å². The summed E-state index contributed by atoms with van der Waals surface area (Å²) in [7, 11) is 0. The third-order valence-electron chi connectivity index (χ3n) is 6.82. The maximum absolute atomic E-state index is 12.6. The molecule has 1 aliphatic heterocycles. The van der Waals surface area contributed by atoms with Gasteiger partial charge in [0.05, 0.1) is 5.69 Å². The Hall–Kier alpha value is -4.37. The Morgan fingerprint density at radius 3 is 2.19 bits per heavy atom. The van der Waals surface area contributed by atoms with Crippen LogP contribution in [0.5, 0.6) is 0 Å². The van der Waals surface area contributed by atoms with E-state index in [2.05, 4.69) is 20.9 Å². The fraction of sp³-hybridized carbons (Fsp3) is 0.364. The number of para-hydroxylation sites is 1. The summed E-state index contributed by atoms with van der Waals surface area (Å²) in [5, 5.41) is 8.58. The minimum absolute atomic E-state index is 0.146. The normalized spacial score (nSPS) is 14.1. The minimum atomic E-state index is -0.553. The maximum atomic E-state index is 12.6. The molecule has 0 aliphatic carbocycles. The van der Waals surface area contributed by atoms with Gasteiger partial charge in [-0.3, -0.25) is 10.1 Å². The molecular weight excluding hydrogens is 532 g/mol. The number of likely N-dealkylation sites (tertiary alicyclic amines) is 1. The van der Waals surface area contributed by atoms with Gasteiger partial charge in [-0.05, 0) is 62.9 Å². The molecule has 4 rings (SSSR count). The molecule has 0 unspecified atom stereocenters. The first kappa shape index (κ1) is 30.6. The van der Waals surface area contributed by atoms with Crippen LogP contribution in [-0.4, -0.2) is 60.9 Å². The van der Waals surface area contributed by atoms with Gasteiger partial charge in [-0.1, -0.05) is 60.7 Å². The summed E-state index contributed by atoms with van der Waals surface area (Å²) >= 11 is 0. The number of hydrogen-bond acceptors (Lipinski definition) is 6. The van der Waals surface area contributed by atoms with Crippen LogP contribution in [0.3, 0.4) is 0 Å². The molecule has 3 N–H and O–H groups in total. The highest BCUT2D eigenvalue weighted by atomic mass is 16.6. The van der Waals surface area contributed by atoms with Gasteiger partial charge in [-0.25, -0.2) is 9.59 Å². The number of alkyl carbamates (subject to hydrolysis) is 1. The smallest absolute Gasteiger partial charge is 0.411 e. The van der Waals surface area contributed by atoms with Crippen molar-refractivity contribution in [2.75, 3.05) is 31.5 Å². The van der Waals surface area contributed by atoms with E-state index in [0.717, 1.165) is 42.6 Å². The minimum Gasteiger partial charge on any atom is -0.446 e. The van der Waals surface area contributed by atoms with Crippen LogP contribution in [0.4, 0.5) is 15.3 Å². The fourth-order valence-electron chi connectivity index (χ4n) is 4.70. The van der Waals surface area contributed by atoms with Crippen LogP contribution < -0.4 is 16.0 Å². The third kappa shape index (κ3) is 9.62. The Bertz CT molecular complexity index is 1330. The maximum Gasteiger partial charge on any atom is 0.411 e. The van der Waals surface area contributed by atoms with Crippen molar-refractivity contribution in [3.63, 3.8) is 0 Å². The van der Waals surface area contributed by atoms with E-state index in [4.69, 9.17) is 9.47 Å². The molecule has 3 aromatic rings. The zero-order chi connectivity index (χ0) is 30.0. The molecule has 9 nitrogen and oxygen atoms in total. The highest BCUT2D eigenvalue weighted by Crippen LogP contribution is 2.28. The van der Waals surface area contributed by atoms with Crippen LogP contribution in [0.2, 0.25) is 0 Å². The first-order valence-electron chi connectivity index (χ1n) is 14.3. The molecule has 1 saturated heterocycles. The standard InChI is InChI=1S/C33H40N4O5/c1-33(2,3)42-31(39)35-23-24-13-15-26(16-14-24)30(38)34-19-22-37-20-17-27(18-21-37)41-32(40)36-29-12-8-7-11-28(29)25-9-5-4-6-10-25/h4-16,27H,17-23H2,1-3H3,(H,34,38)(H,35,39)(H,36,40). The van der Waals surface area contributed by atoms with Gasteiger partial charge in [0.15, 0.2) is 0 Å². The zero-order valence-corrected chi connectivity index (χ0v) is 24.5. The van der Waals surface area contributed by atoms with Crippen molar-refractivity contribution in [3.05, 3.63) is 90.0 Å². The lowest BCUT2D eigenvalue weighted by Crippen LogP contribution is -2.42. The van der Waals surface area contributed by atoms with E-state index in [1.807, 2.05) is 87.5 Å². The molecule has 1 aliphatic rings. The predicted octanol–water partition coefficient (Wildman–Crippen LogP) is 5.82. The average Bonchev–Trinajstić information content (AvgIpc) is 2.97. The quantitative estimate of drug-likeness (QED) is 0.298. The summed E-state index contributed by atoms with van der Waals surface area (Å²) in [6.07, 6.45) is 0.396. The van der Waals surface area contributed by atoms with Gasteiger partial charge >= 0.3 is 12.2 Å². The van der Waals surface area contributed by atoms with Crippen LogP contribution in [0.15, 0.2) is 78.9 Å². The Kier molecular flexibility index (Phi) is 10.6. The molecule has 9 heteroatoms. The number of rotatable bonds is 9. The van der Waals surface area contributed by atoms with E-state index in [1.54, 1.807) is 12.1 Å². The van der Waals surface area contributed by atoms with Crippen molar-refractivity contribution in [1.29, 1.82) is 0 Å². The van der Waals surface area contributed by atoms with E-state index in [-0.39, 0.29) is 12.0 Å². The highest BCUT2D eigenvalue weighted by molar-refractivity contribution is 5.94. The number of benzene rings is 3. The zero-order valence-electron chi connectivity index (χ0n) is 24.5. The molecule has 0 atom stereocenters. The van der Waals surface area contributed by atoms with Gasteiger partial charge in [0.2, 0.25) is 0 Å². The summed E-state index contributed by atoms with van der Waals surface area (Å²) in [6, 6.07) is 24.7. The number of nitrogens with one attached hydrogen (secondary N) is 3. The van der Waals surface area contributed by atoms with Crippen LogP contribution in [0.25, 0.3) is 11.1 Å². The number of piperidine rings is 1. The van der Waals surface area contributed by atoms with Crippen LogP contribution in [-0.2, 0) is 16.0 Å². The van der Waals surface area contributed by atoms with Gasteiger partial charge in [-0.2, -0.15) is 0 Å². The Labute approximate surface area is 247 Å². The number of carbonyl (C=O) groups excluding carboxylic acids is 3. The fourth-order valence-corrected chi connectivity index (χ4v) is 4.70. The number of anilines is 1. The molecule has 1 heterocycles. The SMILES string of the molecule is CC(C)(C)OC(=O)NCc1ccc(C(=O)NCCN2CCC(OC(=O)Nc3ccccc3-c3ccccc3)CC2)cc1. The third-order valence-corrected chi connectivity index (χ3v) is 6.82. The van der Waals surface area contributed by atoms with Crippen LogP contribution >= 0.6 is 0 Å². The van der Waals surface area contributed by atoms with E-state index >= 15 is 0 Å². The van der Waals surface area contributed by atoms with Gasteiger partial charge in [0.25, 0.3) is 5.91 Å². The molecule has 3 aromatic carbocycles. The van der Waals surface area contributed by atoms with Crippen molar-refractivity contribution >= 4 is 23.8 Å². The van der Waals surface area contributed by atoms with Gasteiger partial charge in [0, 0.05) is 43.9 Å². The van der Waals surface area contributed by atoms with Crippen molar-refractivity contribution in [3.8, 4) is 11.1 Å². The lowest BCUT2D eigenvalue weighted by molar-refractivity contribution is 0.0522. The first-order valence-corrected chi connectivity index (χ1v) is 14.3. The number of ether oxygens (including phenoxy) is 2. The molecule has 1 fully saturated rings.